The summed E-state index contributed by atoms with van der Waals surface area (Å²) >= 11 is 0. The van der Waals surface area contributed by atoms with Crippen LogP contribution < -0.4 is 21.5 Å². The fourth-order valence-corrected chi connectivity index (χ4v) is 4.80. The summed E-state index contributed by atoms with van der Waals surface area (Å²) in [5, 5.41) is 2.15. The molecule has 1 fully saturated rings. The summed E-state index contributed by atoms with van der Waals surface area (Å²) in [6.45, 7) is 10.00. The predicted molar refractivity (Wildman–Crippen MR) is 157 cm³/mol. The highest BCUT2D eigenvalue weighted by Crippen LogP contribution is 2.40. The summed E-state index contributed by atoms with van der Waals surface area (Å²) in [5.41, 5.74) is -0.0438. The molecule has 2 atom stereocenters. The van der Waals surface area contributed by atoms with Gasteiger partial charge in [0.05, 0.1) is 28.1 Å². The number of amides is 1. The minimum absolute atomic E-state index is 0.0784. The van der Waals surface area contributed by atoms with Crippen molar-refractivity contribution in [2.75, 3.05) is 49.3 Å². The molecule has 3 aromatic rings. The molecule has 1 aliphatic rings. The highest BCUT2D eigenvalue weighted by atomic mass is 19.4. The molecule has 1 saturated heterocycles. The molecule has 4 rings (SSSR count). The van der Waals surface area contributed by atoms with E-state index in [0.29, 0.717) is 6.20 Å². The zero-order chi connectivity index (χ0) is 32.9. The van der Waals surface area contributed by atoms with Crippen LogP contribution in [-0.4, -0.2) is 61.2 Å². The van der Waals surface area contributed by atoms with Gasteiger partial charge in [0, 0.05) is 56.7 Å². The molecule has 1 aromatic heterocycles. The van der Waals surface area contributed by atoms with Gasteiger partial charge in [-0.2, -0.15) is 13.2 Å². The number of likely N-dealkylation sites (N-methyl/N-ethyl adjacent to an activating group) is 1. The Morgan fingerprint density at radius 1 is 1.05 bits per heavy atom. The molecule has 14 heteroatoms. The summed E-state index contributed by atoms with van der Waals surface area (Å²) in [6, 6.07) is 4.10. The second-order valence-electron chi connectivity index (χ2n) is 10.3. The molecule has 0 aliphatic carbocycles. The van der Waals surface area contributed by atoms with Crippen LogP contribution >= 0.6 is 0 Å². The van der Waals surface area contributed by atoms with E-state index in [0.717, 1.165) is 31.4 Å². The molecule has 0 radical (unpaired) electrons. The predicted octanol–water partition coefficient (Wildman–Crippen LogP) is 5.88. The van der Waals surface area contributed by atoms with Crippen LogP contribution in [0.25, 0.3) is 11.1 Å². The Morgan fingerprint density at radius 3 is 2.18 bits per heavy atom. The number of hydrogen-bond donors (Lipinski definition) is 3. The smallest absolute Gasteiger partial charge is 0.396 e. The van der Waals surface area contributed by atoms with E-state index in [-0.39, 0.29) is 48.2 Å². The topological polar surface area (TPSA) is 104 Å². The third kappa shape index (κ3) is 7.72. The molecule has 0 bridgehead atoms. The Labute approximate surface area is 250 Å². The van der Waals surface area contributed by atoms with Gasteiger partial charge in [0.1, 0.15) is 17.3 Å². The summed E-state index contributed by atoms with van der Waals surface area (Å²) in [4.78, 5) is 30.3. The van der Waals surface area contributed by atoms with Gasteiger partial charge in [-0.05, 0) is 52.4 Å². The van der Waals surface area contributed by atoms with E-state index < -0.39 is 57.5 Å². The molecule has 240 valence electrons. The molecule has 4 N–H and O–H groups in total. The molecule has 2 heterocycles. The Balaban J connectivity index is 0.000000978. The molecular formula is C30H35F6N5O3. The van der Waals surface area contributed by atoms with Gasteiger partial charge in [-0.25, -0.2) is 13.2 Å². The van der Waals surface area contributed by atoms with Crippen molar-refractivity contribution >= 4 is 23.0 Å². The maximum atomic E-state index is 16.1. The van der Waals surface area contributed by atoms with E-state index in [9.17, 15) is 27.2 Å². The van der Waals surface area contributed by atoms with Crippen LogP contribution in [0.5, 0.6) is 0 Å². The van der Waals surface area contributed by atoms with Crippen molar-refractivity contribution in [2.45, 2.75) is 46.0 Å². The summed E-state index contributed by atoms with van der Waals surface area (Å²) in [7, 11) is 1.88. The van der Waals surface area contributed by atoms with Crippen LogP contribution in [-0.2, 0) is 10.9 Å². The van der Waals surface area contributed by atoms with Crippen LogP contribution in [0.15, 0.2) is 41.3 Å². The first-order valence-electron chi connectivity index (χ1n) is 13.8. The van der Waals surface area contributed by atoms with Crippen LogP contribution in [0, 0.1) is 17.5 Å². The number of hydrogen-bond acceptors (Lipinski definition) is 6. The lowest BCUT2D eigenvalue weighted by molar-refractivity contribution is -0.138. The number of alkyl halides is 3. The number of pyridine rings is 1. The number of piperazine rings is 1. The van der Waals surface area contributed by atoms with Gasteiger partial charge >= 0.3 is 6.18 Å². The highest BCUT2D eigenvalue weighted by molar-refractivity contribution is 6.07. The van der Waals surface area contributed by atoms with Gasteiger partial charge in [0.2, 0.25) is 5.56 Å². The van der Waals surface area contributed by atoms with Crippen LogP contribution in [0.2, 0.25) is 0 Å². The normalized spacial score (nSPS) is 17.2. The van der Waals surface area contributed by atoms with E-state index in [4.69, 9.17) is 10.5 Å². The quantitative estimate of drug-likeness (QED) is 0.233. The van der Waals surface area contributed by atoms with Gasteiger partial charge in [-0.15, -0.1) is 0 Å². The van der Waals surface area contributed by atoms with Crippen LogP contribution in [0.1, 0.15) is 43.6 Å². The van der Waals surface area contributed by atoms with Crippen molar-refractivity contribution in [3.05, 3.63) is 75.5 Å². The lowest BCUT2D eigenvalue weighted by Gasteiger charge is -2.44. The van der Waals surface area contributed by atoms with Crippen LogP contribution in [0.3, 0.4) is 0 Å². The van der Waals surface area contributed by atoms with Crippen molar-refractivity contribution in [3.63, 3.8) is 0 Å². The summed E-state index contributed by atoms with van der Waals surface area (Å²) < 4.78 is 91.3. The number of aromatic amines is 1. The fourth-order valence-electron chi connectivity index (χ4n) is 4.80. The second-order valence-corrected chi connectivity index (χ2v) is 10.3. The summed E-state index contributed by atoms with van der Waals surface area (Å²) in [5.74, 6) is -4.73. The Bertz CT molecular complexity index is 1530. The van der Waals surface area contributed by atoms with Crippen LogP contribution in [0.4, 0.5) is 43.4 Å². The lowest BCUT2D eigenvalue weighted by atomic mass is 9.99. The average molecular weight is 628 g/mol. The number of nitrogens with zero attached hydrogens (tertiary/aromatic N) is 2. The number of H-pyrrole nitrogens is 1. The highest BCUT2D eigenvalue weighted by Gasteiger charge is 2.37. The number of nitrogens with one attached hydrogen (secondary N) is 2. The first kappa shape index (κ1) is 34.5. The van der Waals surface area contributed by atoms with E-state index in [2.05, 4.69) is 5.32 Å². The number of carbonyl (C=O) groups is 1. The number of halogens is 6. The van der Waals surface area contributed by atoms with E-state index in [1.807, 2.05) is 44.6 Å². The fraction of sp³-hybridized carbons (Fsp3) is 0.400. The molecular weight excluding hydrogens is 592 g/mol. The van der Waals surface area contributed by atoms with Gasteiger partial charge in [0.15, 0.2) is 5.82 Å². The Morgan fingerprint density at radius 2 is 1.66 bits per heavy atom. The largest absolute Gasteiger partial charge is 0.417 e. The minimum atomic E-state index is -5.07. The number of nitrogen functional groups attached to an aromatic ring is 1. The van der Waals surface area contributed by atoms with Gasteiger partial charge in [-0.3, -0.25) is 14.5 Å². The average Bonchev–Trinajstić information content (AvgIpc) is 2.95. The van der Waals surface area contributed by atoms with E-state index >= 15 is 8.78 Å². The number of carbonyl (C=O) groups excluding carboxylic acids is 1. The number of benzene rings is 2. The van der Waals surface area contributed by atoms with E-state index in [1.165, 1.54) is 6.07 Å². The second kappa shape index (κ2) is 14.2. The zero-order valence-corrected chi connectivity index (χ0v) is 24.9. The van der Waals surface area contributed by atoms with Crippen molar-refractivity contribution in [3.8, 4) is 11.1 Å². The first-order chi connectivity index (χ1) is 20.6. The molecule has 1 amide bonds. The van der Waals surface area contributed by atoms with E-state index in [1.54, 1.807) is 4.90 Å². The third-order valence-electron chi connectivity index (χ3n) is 7.31. The number of rotatable bonds is 6. The Kier molecular flexibility index (Phi) is 11.1. The third-order valence-corrected chi connectivity index (χ3v) is 7.31. The molecule has 2 aromatic carbocycles. The number of anilines is 3. The molecule has 44 heavy (non-hydrogen) atoms. The first-order valence-corrected chi connectivity index (χ1v) is 13.8. The number of aromatic nitrogens is 1. The molecule has 8 nitrogen and oxygen atoms in total. The maximum Gasteiger partial charge on any atom is 0.417 e. The molecule has 0 spiro atoms. The van der Waals surface area contributed by atoms with Crippen molar-refractivity contribution in [2.24, 2.45) is 0 Å². The van der Waals surface area contributed by atoms with Crippen molar-refractivity contribution in [1.82, 2.24) is 9.88 Å². The maximum absolute atomic E-state index is 16.1. The monoisotopic (exact) mass is 627 g/mol. The molecule has 0 saturated carbocycles. The Hall–Kier alpha value is -4.04. The molecule has 1 aliphatic heterocycles. The van der Waals surface area contributed by atoms with Crippen molar-refractivity contribution in [1.29, 1.82) is 0 Å². The summed E-state index contributed by atoms with van der Waals surface area (Å²) in [6.07, 6.45) is -4.50. The number of ether oxygens (including phenoxy) is 1. The SMILES string of the molecule is CCOCC.C[C@@H]1CN(c2cc(F)c(-c3ccc(N)c(F)c3)c(F)c2NC(=O)c2c[nH]c(=O)cc2C(F)(F)F)C[C@H](C)N1C. The van der Waals surface area contributed by atoms with Crippen molar-refractivity contribution < 1.29 is 35.9 Å². The lowest BCUT2D eigenvalue weighted by Crippen LogP contribution is -2.55. The minimum Gasteiger partial charge on any atom is -0.396 e. The zero-order valence-electron chi connectivity index (χ0n) is 24.9. The number of nitrogens with two attached hydrogens (primary N) is 1. The molecule has 0 unspecified atom stereocenters. The van der Waals surface area contributed by atoms with Gasteiger partial charge in [-0.1, -0.05) is 6.07 Å². The van der Waals surface area contributed by atoms with Gasteiger partial charge in [0.25, 0.3) is 5.91 Å². The standard InChI is InChI=1S/C26H25F6N5O2.C4H10O/c1-12-10-37(11-13(2)36(12)3)20-8-18(28)22(14-4-5-19(33)17(27)6-14)23(29)24(20)35-25(39)15-9-34-21(38)7-16(15)26(30,31)32;1-3-5-4-2/h4-9,12-13H,10-11,33H2,1-3H3,(H,34,38)(H,35,39);3-4H2,1-2H3/t12-,13+;. The van der Waals surface area contributed by atoms with Gasteiger partial charge < -0.3 is 25.7 Å².